The van der Waals surface area contributed by atoms with Crippen LogP contribution in [0.3, 0.4) is 0 Å². The molecule has 1 N–H and O–H groups in total. The lowest BCUT2D eigenvalue weighted by Gasteiger charge is -2.24. The van der Waals surface area contributed by atoms with Crippen molar-refractivity contribution >= 4 is 10.0 Å². The molecule has 1 aromatic rings. The van der Waals surface area contributed by atoms with Crippen LogP contribution in [0.5, 0.6) is 11.5 Å². The number of aliphatic hydroxyl groups is 1. The van der Waals surface area contributed by atoms with Gasteiger partial charge in [0, 0.05) is 18.7 Å². The van der Waals surface area contributed by atoms with E-state index in [0.717, 1.165) is 6.42 Å². The number of nitrogens with zero attached hydrogens (tertiary/aromatic N) is 1. The molecule has 110 valence electrons. The molecule has 1 atom stereocenters. The van der Waals surface area contributed by atoms with Crippen LogP contribution in [0, 0.1) is 0 Å². The number of hydrogen-bond donors (Lipinski definition) is 1. The molecule has 2 aliphatic heterocycles. The van der Waals surface area contributed by atoms with Crippen LogP contribution in [-0.2, 0) is 10.0 Å². The Hall–Kier alpha value is -1.31. The summed E-state index contributed by atoms with van der Waals surface area (Å²) < 4.78 is 37.4. The maximum Gasteiger partial charge on any atom is 0.243 e. The van der Waals surface area contributed by atoms with Gasteiger partial charge in [0.1, 0.15) is 13.2 Å². The van der Waals surface area contributed by atoms with Crippen LogP contribution in [0.2, 0.25) is 0 Å². The highest BCUT2D eigenvalue weighted by molar-refractivity contribution is 7.89. The van der Waals surface area contributed by atoms with Gasteiger partial charge in [-0.2, -0.15) is 4.31 Å². The minimum absolute atomic E-state index is 0.149. The van der Waals surface area contributed by atoms with E-state index in [0.29, 0.717) is 37.7 Å². The van der Waals surface area contributed by atoms with Gasteiger partial charge in [-0.1, -0.05) is 0 Å². The first-order chi connectivity index (χ1) is 9.63. The molecule has 2 aliphatic rings. The highest BCUT2D eigenvalue weighted by atomic mass is 32.2. The van der Waals surface area contributed by atoms with Crippen LogP contribution >= 0.6 is 0 Å². The van der Waals surface area contributed by atoms with Crippen molar-refractivity contribution in [3.63, 3.8) is 0 Å². The molecular weight excluding hydrogens is 282 g/mol. The third-order valence-corrected chi connectivity index (χ3v) is 5.60. The zero-order chi connectivity index (χ0) is 14.2. The molecule has 2 heterocycles. The van der Waals surface area contributed by atoms with Gasteiger partial charge in [0.25, 0.3) is 0 Å². The first-order valence-electron chi connectivity index (χ1n) is 6.65. The Labute approximate surface area is 118 Å². The van der Waals surface area contributed by atoms with E-state index < -0.39 is 10.0 Å². The molecular formula is C13H17NO5S. The third kappa shape index (κ3) is 2.25. The maximum atomic E-state index is 12.6. The Kier molecular flexibility index (Phi) is 3.57. The SMILES string of the molecule is O=S(=O)(c1ccc2c(c1)OCCO2)N1CCC[C@@H]1CO. The van der Waals surface area contributed by atoms with E-state index in [1.54, 1.807) is 6.07 Å². The molecule has 3 rings (SSSR count). The summed E-state index contributed by atoms with van der Waals surface area (Å²) in [6.45, 7) is 1.18. The van der Waals surface area contributed by atoms with Crippen molar-refractivity contribution in [3.8, 4) is 11.5 Å². The van der Waals surface area contributed by atoms with Crippen molar-refractivity contribution in [1.29, 1.82) is 0 Å². The lowest BCUT2D eigenvalue weighted by atomic mass is 10.2. The van der Waals surface area contributed by atoms with Crippen LogP contribution in [0.1, 0.15) is 12.8 Å². The average molecular weight is 299 g/mol. The number of hydrogen-bond acceptors (Lipinski definition) is 5. The molecule has 0 radical (unpaired) electrons. The highest BCUT2D eigenvalue weighted by Gasteiger charge is 2.35. The number of aliphatic hydroxyl groups excluding tert-OH is 1. The van der Waals surface area contributed by atoms with E-state index >= 15 is 0 Å². The Morgan fingerprint density at radius 1 is 1.25 bits per heavy atom. The van der Waals surface area contributed by atoms with Gasteiger partial charge in [-0.15, -0.1) is 0 Å². The van der Waals surface area contributed by atoms with Crippen LogP contribution < -0.4 is 9.47 Å². The van der Waals surface area contributed by atoms with Crippen molar-refractivity contribution in [2.45, 2.75) is 23.8 Å². The van der Waals surface area contributed by atoms with Gasteiger partial charge in [0.2, 0.25) is 10.0 Å². The van der Waals surface area contributed by atoms with Gasteiger partial charge in [0.15, 0.2) is 11.5 Å². The van der Waals surface area contributed by atoms with Crippen molar-refractivity contribution in [2.24, 2.45) is 0 Å². The summed E-state index contributed by atoms with van der Waals surface area (Å²) in [5.41, 5.74) is 0. The minimum Gasteiger partial charge on any atom is -0.486 e. The molecule has 0 unspecified atom stereocenters. The fraction of sp³-hybridized carbons (Fsp3) is 0.538. The predicted molar refractivity (Wildman–Crippen MR) is 71.4 cm³/mol. The van der Waals surface area contributed by atoms with E-state index in [2.05, 4.69) is 0 Å². The Bertz CT molecular complexity index is 601. The highest BCUT2D eigenvalue weighted by Crippen LogP contribution is 2.34. The lowest BCUT2D eigenvalue weighted by molar-refractivity contribution is 0.171. The second kappa shape index (κ2) is 5.23. The molecule has 20 heavy (non-hydrogen) atoms. The van der Waals surface area contributed by atoms with Crippen molar-refractivity contribution in [2.75, 3.05) is 26.4 Å². The summed E-state index contributed by atoms with van der Waals surface area (Å²) in [4.78, 5) is 0.183. The van der Waals surface area contributed by atoms with Crippen LogP contribution in [0.4, 0.5) is 0 Å². The molecule has 0 aliphatic carbocycles. The van der Waals surface area contributed by atoms with E-state index in [1.807, 2.05) is 0 Å². The maximum absolute atomic E-state index is 12.6. The van der Waals surface area contributed by atoms with Crippen molar-refractivity contribution < 1.29 is 23.0 Å². The van der Waals surface area contributed by atoms with Gasteiger partial charge >= 0.3 is 0 Å². The fourth-order valence-corrected chi connectivity index (χ4v) is 4.33. The molecule has 1 aromatic carbocycles. The quantitative estimate of drug-likeness (QED) is 0.884. The number of ether oxygens (including phenoxy) is 2. The van der Waals surface area contributed by atoms with Crippen LogP contribution in [-0.4, -0.2) is 50.2 Å². The number of rotatable bonds is 3. The smallest absolute Gasteiger partial charge is 0.243 e. The lowest BCUT2D eigenvalue weighted by Crippen LogP contribution is -2.37. The summed E-state index contributed by atoms with van der Waals surface area (Å²) in [6, 6.07) is 4.31. The molecule has 7 heteroatoms. The molecule has 6 nitrogen and oxygen atoms in total. The molecule has 0 bridgehead atoms. The summed E-state index contributed by atoms with van der Waals surface area (Å²) >= 11 is 0. The predicted octanol–water partition coefficient (Wildman–Crippen LogP) is 0.603. The third-order valence-electron chi connectivity index (χ3n) is 3.65. The Balaban J connectivity index is 1.95. The van der Waals surface area contributed by atoms with E-state index in [9.17, 15) is 13.5 Å². The topological polar surface area (TPSA) is 76.1 Å². The van der Waals surface area contributed by atoms with Gasteiger partial charge < -0.3 is 14.6 Å². The normalized spacial score (nSPS) is 22.9. The fourth-order valence-electron chi connectivity index (χ4n) is 2.63. The van der Waals surface area contributed by atoms with Gasteiger partial charge in [-0.3, -0.25) is 0 Å². The first kappa shape index (κ1) is 13.7. The van der Waals surface area contributed by atoms with Gasteiger partial charge in [0.05, 0.1) is 11.5 Å². The molecule has 1 fully saturated rings. The van der Waals surface area contributed by atoms with Crippen LogP contribution in [0.25, 0.3) is 0 Å². The second-order valence-electron chi connectivity index (χ2n) is 4.90. The zero-order valence-corrected chi connectivity index (χ0v) is 11.8. The second-order valence-corrected chi connectivity index (χ2v) is 6.79. The number of fused-ring (bicyclic) bond motifs is 1. The summed E-state index contributed by atoms with van der Waals surface area (Å²) in [5.74, 6) is 1.02. The average Bonchev–Trinajstić information content (AvgIpc) is 2.96. The van der Waals surface area contributed by atoms with Crippen molar-refractivity contribution in [3.05, 3.63) is 18.2 Å². The molecule has 0 amide bonds. The number of benzene rings is 1. The van der Waals surface area contributed by atoms with E-state index in [-0.39, 0.29) is 17.5 Å². The van der Waals surface area contributed by atoms with Crippen LogP contribution in [0.15, 0.2) is 23.1 Å². The van der Waals surface area contributed by atoms with E-state index in [1.165, 1.54) is 16.4 Å². The van der Waals surface area contributed by atoms with Gasteiger partial charge in [-0.05, 0) is 25.0 Å². The first-order valence-corrected chi connectivity index (χ1v) is 8.09. The molecule has 0 aromatic heterocycles. The Morgan fingerprint density at radius 3 is 2.75 bits per heavy atom. The zero-order valence-electron chi connectivity index (χ0n) is 11.0. The molecule has 0 saturated carbocycles. The summed E-state index contributed by atoms with van der Waals surface area (Å²) in [6.07, 6.45) is 1.47. The monoisotopic (exact) mass is 299 g/mol. The Morgan fingerprint density at radius 2 is 2.00 bits per heavy atom. The van der Waals surface area contributed by atoms with Crippen molar-refractivity contribution in [1.82, 2.24) is 4.31 Å². The summed E-state index contributed by atoms with van der Waals surface area (Å²) in [7, 11) is -3.60. The summed E-state index contributed by atoms with van der Waals surface area (Å²) in [5, 5.41) is 9.29. The minimum atomic E-state index is -3.60. The molecule has 0 spiro atoms. The standard InChI is InChI=1S/C13H17NO5S/c15-9-10-2-1-5-14(10)20(16,17)11-3-4-12-13(8-11)19-7-6-18-12/h3-4,8,10,15H,1-2,5-7,9H2/t10-/m1/s1. The number of sulfonamides is 1. The largest absolute Gasteiger partial charge is 0.486 e. The van der Waals surface area contributed by atoms with E-state index in [4.69, 9.17) is 9.47 Å². The van der Waals surface area contributed by atoms with Gasteiger partial charge in [-0.25, -0.2) is 8.42 Å². The molecule has 1 saturated heterocycles.